The summed E-state index contributed by atoms with van der Waals surface area (Å²) in [5.74, 6) is -0.924. The summed E-state index contributed by atoms with van der Waals surface area (Å²) in [5.41, 5.74) is 0.309. The van der Waals surface area contributed by atoms with Crippen molar-refractivity contribution in [2.75, 3.05) is 0 Å². The number of aliphatic carboxylic acids is 1. The van der Waals surface area contributed by atoms with E-state index in [2.05, 4.69) is 0 Å². The van der Waals surface area contributed by atoms with Crippen molar-refractivity contribution in [3.8, 4) is 0 Å². The molecule has 0 amide bonds. The number of carboxylic acid groups (broad SMARTS) is 1. The van der Waals surface area contributed by atoms with Crippen LogP contribution in [0.2, 0.25) is 0 Å². The van der Waals surface area contributed by atoms with E-state index in [4.69, 9.17) is 9.84 Å². The van der Waals surface area contributed by atoms with Gasteiger partial charge in [0.05, 0.1) is 17.9 Å². The molecule has 0 unspecified atom stereocenters. The summed E-state index contributed by atoms with van der Waals surface area (Å²) < 4.78 is 5.08. The monoisotopic (exact) mass is 172 g/mol. The molecule has 0 bridgehead atoms. The van der Waals surface area contributed by atoms with Crippen LogP contribution in [-0.4, -0.2) is 17.2 Å². The van der Waals surface area contributed by atoms with Gasteiger partial charge in [-0.15, -0.1) is 0 Å². The van der Waals surface area contributed by atoms with Gasteiger partial charge in [-0.05, 0) is 19.8 Å². The molecule has 3 heteroatoms. The predicted molar refractivity (Wildman–Crippen MR) is 46.8 cm³/mol. The molecule has 0 aromatic carbocycles. The van der Waals surface area contributed by atoms with Crippen molar-refractivity contribution in [3.63, 3.8) is 0 Å². The molecule has 0 rings (SSSR count). The third-order valence-corrected chi connectivity index (χ3v) is 1.34. The molecule has 3 nitrogen and oxygen atoms in total. The van der Waals surface area contributed by atoms with Crippen molar-refractivity contribution in [1.82, 2.24) is 0 Å². The first-order valence-electron chi connectivity index (χ1n) is 4.04. The maximum atomic E-state index is 10.6. The Morgan fingerprint density at radius 3 is 2.08 bits per heavy atom. The molecular formula is C9H16O3. The molecule has 12 heavy (non-hydrogen) atoms. The number of carboxylic acids is 1. The Bertz CT molecular complexity index is 180. The Labute approximate surface area is 73.0 Å². The maximum absolute atomic E-state index is 10.6. The molecule has 0 saturated heterocycles. The summed E-state index contributed by atoms with van der Waals surface area (Å²) in [6, 6.07) is 0. The molecule has 0 radical (unpaired) electrons. The van der Waals surface area contributed by atoms with Gasteiger partial charge in [0.2, 0.25) is 0 Å². The van der Waals surface area contributed by atoms with Crippen LogP contribution in [0.4, 0.5) is 0 Å². The fraction of sp³-hybridized carbons (Fsp3) is 0.667. The minimum absolute atomic E-state index is 0.0127. The van der Waals surface area contributed by atoms with E-state index >= 15 is 0 Å². The van der Waals surface area contributed by atoms with Gasteiger partial charge in [0.25, 0.3) is 0 Å². The highest BCUT2D eigenvalue weighted by Crippen LogP contribution is 2.10. The molecule has 0 spiro atoms. The summed E-state index contributed by atoms with van der Waals surface area (Å²) in [6.45, 7) is 7.36. The van der Waals surface area contributed by atoms with E-state index in [-0.39, 0.29) is 12.0 Å². The second-order valence-electron chi connectivity index (χ2n) is 3.22. The molecule has 0 aliphatic carbocycles. The number of hydrogen-bond donors (Lipinski definition) is 1. The Hall–Kier alpha value is -0.990. The van der Waals surface area contributed by atoms with Crippen molar-refractivity contribution in [2.24, 2.45) is 5.92 Å². The SMILES string of the molecule is CC(C)O/C=C(/C(=O)O)C(C)C. The molecule has 0 atom stereocenters. The summed E-state index contributed by atoms with van der Waals surface area (Å²) in [6.07, 6.45) is 1.36. The summed E-state index contributed by atoms with van der Waals surface area (Å²) >= 11 is 0. The van der Waals surface area contributed by atoms with Gasteiger partial charge < -0.3 is 9.84 Å². The summed E-state index contributed by atoms with van der Waals surface area (Å²) in [4.78, 5) is 10.6. The fourth-order valence-electron chi connectivity index (χ4n) is 0.643. The Kier molecular flexibility index (Phi) is 4.40. The lowest BCUT2D eigenvalue weighted by Crippen LogP contribution is -2.09. The number of rotatable bonds is 4. The fourth-order valence-corrected chi connectivity index (χ4v) is 0.643. The van der Waals surface area contributed by atoms with Crippen LogP contribution in [0, 0.1) is 5.92 Å². The average molecular weight is 172 g/mol. The Morgan fingerprint density at radius 2 is 1.83 bits per heavy atom. The topological polar surface area (TPSA) is 46.5 Å². The first-order chi connectivity index (χ1) is 5.45. The maximum Gasteiger partial charge on any atom is 0.334 e. The Morgan fingerprint density at radius 1 is 1.33 bits per heavy atom. The number of carbonyl (C=O) groups is 1. The predicted octanol–water partition coefficient (Wildman–Crippen LogP) is 2.04. The van der Waals surface area contributed by atoms with Crippen molar-refractivity contribution in [2.45, 2.75) is 33.8 Å². The lowest BCUT2D eigenvalue weighted by Gasteiger charge is -2.08. The van der Waals surface area contributed by atoms with E-state index < -0.39 is 5.97 Å². The van der Waals surface area contributed by atoms with Crippen LogP contribution in [0.15, 0.2) is 11.8 Å². The van der Waals surface area contributed by atoms with Gasteiger partial charge in [-0.25, -0.2) is 4.79 Å². The highest BCUT2D eigenvalue weighted by atomic mass is 16.5. The first kappa shape index (κ1) is 11.0. The van der Waals surface area contributed by atoms with Crippen LogP contribution >= 0.6 is 0 Å². The standard InChI is InChI=1S/C9H16O3/c1-6(2)8(9(10)11)5-12-7(3)4/h5-7H,1-4H3,(H,10,11)/b8-5+. The van der Waals surface area contributed by atoms with Crippen molar-refractivity contribution in [3.05, 3.63) is 11.8 Å². The van der Waals surface area contributed by atoms with E-state index in [0.717, 1.165) is 0 Å². The van der Waals surface area contributed by atoms with E-state index in [0.29, 0.717) is 5.57 Å². The van der Waals surface area contributed by atoms with E-state index in [1.807, 2.05) is 27.7 Å². The minimum Gasteiger partial charge on any atom is -0.498 e. The zero-order valence-corrected chi connectivity index (χ0v) is 8.00. The zero-order valence-electron chi connectivity index (χ0n) is 8.00. The highest BCUT2D eigenvalue weighted by molar-refractivity contribution is 5.86. The van der Waals surface area contributed by atoms with Gasteiger partial charge >= 0.3 is 5.97 Å². The first-order valence-corrected chi connectivity index (χ1v) is 4.04. The van der Waals surface area contributed by atoms with Crippen LogP contribution in [0.5, 0.6) is 0 Å². The molecular weight excluding hydrogens is 156 g/mol. The van der Waals surface area contributed by atoms with Crippen molar-refractivity contribution in [1.29, 1.82) is 0 Å². The van der Waals surface area contributed by atoms with Gasteiger partial charge in [-0.2, -0.15) is 0 Å². The second kappa shape index (κ2) is 4.80. The van der Waals surface area contributed by atoms with Crippen molar-refractivity contribution < 1.29 is 14.6 Å². The summed E-state index contributed by atoms with van der Waals surface area (Å²) in [7, 11) is 0. The number of hydrogen-bond acceptors (Lipinski definition) is 2. The highest BCUT2D eigenvalue weighted by Gasteiger charge is 2.12. The van der Waals surface area contributed by atoms with Gasteiger partial charge in [-0.3, -0.25) is 0 Å². The van der Waals surface area contributed by atoms with Crippen LogP contribution in [0.25, 0.3) is 0 Å². The molecule has 0 aromatic heterocycles. The molecule has 0 heterocycles. The average Bonchev–Trinajstić information content (AvgIpc) is 1.84. The third-order valence-electron chi connectivity index (χ3n) is 1.34. The van der Waals surface area contributed by atoms with E-state index in [1.165, 1.54) is 6.26 Å². The lowest BCUT2D eigenvalue weighted by molar-refractivity contribution is -0.133. The van der Waals surface area contributed by atoms with Crippen LogP contribution < -0.4 is 0 Å². The Balaban J connectivity index is 4.30. The smallest absolute Gasteiger partial charge is 0.334 e. The quantitative estimate of drug-likeness (QED) is 0.521. The van der Waals surface area contributed by atoms with Crippen molar-refractivity contribution >= 4 is 5.97 Å². The largest absolute Gasteiger partial charge is 0.498 e. The van der Waals surface area contributed by atoms with Gasteiger partial charge in [-0.1, -0.05) is 13.8 Å². The molecule has 0 saturated carbocycles. The molecule has 0 aromatic rings. The molecule has 0 fully saturated rings. The third kappa shape index (κ3) is 4.01. The van der Waals surface area contributed by atoms with Gasteiger partial charge in [0.15, 0.2) is 0 Å². The van der Waals surface area contributed by atoms with E-state index in [1.54, 1.807) is 0 Å². The van der Waals surface area contributed by atoms with Crippen LogP contribution in [-0.2, 0) is 9.53 Å². The lowest BCUT2D eigenvalue weighted by atomic mass is 10.1. The number of ether oxygens (including phenoxy) is 1. The van der Waals surface area contributed by atoms with Gasteiger partial charge in [0, 0.05) is 0 Å². The molecule has 0 aliphatic rings. The second-order valence-corrected chi connectivity index (χ2v) is 3.22. The van der Waals surface area contributed by atoms with E-state index in [9.17, 15) is 4.79 Å². The molecule has 70 valence electrons. The van der Waals surface area contributed by atoms with Crippen LogP contribution in [0.3, 0.4) is 0 Å². The molecule has 0 aliphatic heterocycles. The minimum atomic E-state index is -0.911. The van der Waals surface area contributed by atoms with Gasteiger partial charge in [0.1, 0.15) is 0 Å². The normalized spacial score (nSPS) is 12.3. The summed E-state index contributed by atoms with van der Waals surface area (Å²) in [5, 5.41) is 8.71. The zero-order chi connectivity index (χ0) is 9.72. The van der Waals surface area contributed by atoms with Crippen LogP contribution in [0.1, 0.15) is 27.7 Å². The molecule has 1 N–H and O–H groups in total.